The summed E-state index contributed by atoms with van der Waals surface area (Å²) in [5, 5.41) is 0. The summed E-state index contributed by atoms with van der Waals surface area (Å²) >= 11 is 1.68. The Morgan fingerprint density at radius 3 is 2.45 bits per heavy atom. The van der Waals surface area contributed by atoms with Gasteiger partial charge < -0.3 is 0 Å². The Hall–Kier alpha value is -0.240. The molecule has 64 valence electrons. The van der Waals surface area contributed by atoms with E-state index >= 15 is 0 Å². The Kier molecular flexibility index (Phi) is 4.50. The van der Waals surface area contributed by atoms with Gasteiger partial charge in [0, 0.05) is 11.2 Å². The number of carbonyl (C=O) groups excluding carboxylic acids is 1. The van der Waals surface area contributed by atoms with E-state index < -0.39 is 0 Å². The van der Waals surface area contributed by atoms with Crippen LogP contribution in [0, 0.1) is 0 Å². The molecule has 0 aromatic heterocycles. The van der Waals surface area contributed by atoms with E-state index in [2.05, 4.69) is 27.4 Å². The van der Waals surface area contributed by atoms with Crippen LogP contribution in [-0.4, -0.2) is 16.3 Å². The molecule has 1 nitrogen and oxygen atoms in total. The molecule has 0 heterocycles. The van der Waals surface area contributed by atoms with Gasteiger partial charge in [-0.05, 0) is 0 Å². The highest BCUT2D eigenvalue weighted by atomic mass is 32.2. The van der Waals surface area contributed by atoms with Crippen LogP contribution in [0.15, 0.2) is 12.7 Å². The predicted molar refractivity (Wildman–Crippen MR) is 52.0 cm³/mol. The summed E-state index contributed by atoms with van der Waals surface area (Å²) in [6.45, 7) is 9.84. The van der Waals surface area contributed by atoms with Gasteiger partial charge in [-0.1, -0.05) is 26.8 Å². The van der Waals surface area contributed by atoms with Crippen molar-refractivity contribution < 1.29 is 4.79 Å². The van der Waals surface area contributed by atoms with Gasteiger partial charge >= 0.3 is 0 Å². The van der Waals surface area contributed by atoms with E-state index in [9.17, 15) is 4.79 Å². The molecular formula is C9H16OS. The first-order valence-electron chi connectivity index (χ1n) is 3.72. The third kappa shape index (κ3) is 7.66. The number of allylic oxidation sites excluding steroid dienone is 1. The summed E-state index contributed by atoms with van der Waals surface area (Å²) in [7, 11) is 0. The predicted octanol–water partition coefficient (Wildman–Crippen LogP) is 2.66. The highest BCUT2D eigenvalue weighted by Crippen LogP contribution is 2.22. The lowest BCUT2D eigenvalue weighted by Crippen LogP contribution is -2.12. The lowest BCUT2D eigenvalue weighted by molar-refractivity contribution is -0.115. The molecular weight excluding hydrogens is 156 g/mol. The van der Waals surface area contributed by atoms with Gasteiger partial charge in [0.2, 0.25) is 0 Å². The Balaban J connectivity index is 3.54. The third-order valence-electron chi connectivity index (χ3n) is 1.04. The van der Waals surface area contributed by atoms with Crippen LogP contribution in [0.25, 0.3) is 0 Å². The van der Waals surface area contributed by atoms with E-state index in [4.69, 9.17) is 0 Å². The van der Waals surface area contributed by atoms with Gasteiger partial charge in [0.15, 0.2) is 0 Å². The van der Waals surface area contributed by atoms with Crippen LogP contribution in [0.5, 0.6) is 0 Å². The van der Waals surface area contributed by atoms with Crippen LogP contribution in [0.3, 0.4) is 0 Å². The van der Waals surface area contributed by atoms with Crippen molar-refractivity contribution in [3.63, 3.8) is 0 Å². The topological polar surface area (TPSA) is 17.1 Å². The first-order chi connectivity index (χ1) is 4.95. The molecule has 0 aliphatic carbocycles. The fourth-order valence-corrected chi connectivity index (χ4v) is 1.23. The second-order valence-corrected chi connectivity index (χ2v) is 5.23. The normalized spacial score (nSPS) is 11.2. The number of rotatable bonds is 4. The quantitative estimate of drug-likeness (QED) is 0.606. The highest BCUT2D eigenvalue weighted by Gasteiger charge is 2.12. The van der Waals surface area contributed by atoms with Crippen LogP contribution < -0.4 is 0 Å². The van der Waals surface area contributed by atoms with Gasteiger partial charge in [-0.2, -0.15) is 0 Å². The monoisotopic (exact) mass is 172 g/mol. The summed E-state index contributed by atoms with van der Waals surface area (Å²) in [6, 6.07) is 0. The zero-order chi connectivity index (χ0) is 8.91. The lowest BCUT2D eigenvalue weighted by atomic mass is 10.3. The van der Waals surface area contributed by atoms with E-state index in [0.29, 0.717) is 12.2 Å². The van der Waals surface area contributed by atoms with Gasteiger partial charge in [-0.15, -0.1) is 18.3 Å². The first-order valence-corrected chi connectivity index (χ1v) is 4.71. The van der Waals surface area contributed by atoms with Crippen molar-refractivity contribution in [2.75, 3.05) is 5.75 Å². The maximum absolute atomic E-state index is 11.0. The molecule has 0 saturated heterocycles. The summed E-state index contributed by atoms with van der Waals surface area (Å²) in [6.07, 6.45) is 2.16. The Morgan fingerprint density at radius 1 is 1.55 bits per heavy atom. The third-order valence-corrected chi connectivity index (χ3v) is 2.37. The molecule has 0 amide bonds. The minimum atomic E-state index is 0.191. The van der Waals surface area contributed by atoms with Gasteiger partial charge in [-0.3, -0.25) is 4.79 Å². The Labute approximate surface area is 73.3 Å². The van der Waals surface area contributed by atoms with Crippen molar-refractivity contribution >= 4 is 17.5 Å². The standard InChI is InChI=1S/C9H16OS/c1-5-6-8(10)7-11-9(2,3)4/h5H,1,6-7H2,2-4H3. The zero-order valence-corrected chi connectivity index (χ0v) is 8.33. The van der Waals surface area contributed by atoms with Gasteiger partial charge in [0.1, 0.15) is 5.78 Å². The summed E-state index contributed by atoms with van der Waals surface area (Å²) < 4.78 is 0.191. The minimum Gasteiger partial charge on any atom is -0.298 e. The maximum atomic E-state index is 11.0. The van der Waals surface area contributed by atoms with Crippen LogP contribution in [0.4, 0.5) is 0 Å². The van der Waals surface area contributed by atoms with Crippen molar-refractivity contribution in [2.24, 2.45) is 0 Å². The molecule has 0 aromatic carbocycles. The molecule has 11 heavy (non-hydrogen) atoms. The second kappa shape index (κ2) is 4.60. The van der Waals surface area contributed by atoms with E-state index in [0.717, 1.165) is 0 Å². The smallest absolute Gasteiger partial charge is 0.146 e. The van der Waals surface area contributed by atoms with Crippen LogP contribution in [0.2, 0.25) is 0 Å². The second-order valence-electron chi connectivity index (χ2n) is 3.43. The SMILES string of the molecule is C=CCC(=O)CSC(C)(C)C. The number of hydrogen-bond donors (Lipinski definition) is 0. The molecule has 0 aromatic rings. The molecule has 0 rings (SSSR count). The molecule has 0 radical (unpaired) electrons. The number of Topliss-reactive ketones (excluding diaryl/α,β-unsaturated/α-hetero) is 1. The zero-order valence-electron chi connectivity index (χ0n) is 7.52. The lowest BCUT2D eigenvalue weighted by Gasteiger charge is -2.16. The molecule has 0 aliphatic heterocycles. The minimum absolute atomic E-state index is 0.191. The van der Waals surface area contributed by atoms with Gasteiger partial charge in [0.25, 0.3) is 0 Å². The van der Waals surface area contributed by atoms with Crippen molar-refractivity contribution in [1.29, 1.82) is 0 Å². The molecule has 0 atom stereocenters. The number of thioether (sulfide) groups is 1. The number of ketones is 1. The molecule has 0 fully saturated rings. The van der Waals surface area contributed by atoms with E-state index in [1.54, 1.807) is 17.8 Å². The largest absolute Gasteiger partial charge is 0.298 e. The van der Waals surface area contributed by atoms with Gasteiger partial charge in [-0.25, -0.2) is 0 Å². The molecule has 2 heteroatoms. The van der Waals surface area contributed by atoms with Crippen LogP contribution in [0.1, 0.15) is 27.2 Å². The summed E-state index contributed by atoms with van der Waals surface area (Å²) in [5.41, 5.74) is 0. The number of carbonyl (C=O) groups is 1. The highest BCUT2D eigenvalue weighted by molar-refractivity contribution is 8.01. The van der Waals surface area contributed by atoms with E-state index in [1.807, 2.05) is 0 Å². The first kappa shape index (κ1) is 10.8. The fraction of sp³-hybridized carbons (Fsp3) is 0.667. The molecule has 0 N–H and O–H groups in total. The van der Waals surface area contributed by atoms with Crippen molar-refractivity contribution in [3.05, 3.63) is 12.7 Å². The average molecular weight is 172 g/mol. The van der Waals surface area contributed by atoms with Crippen molar-refractivity contribution in [3.8, 4) is 0 Å². The van der Waals surface area contributed by atoms with Crippen molar-refractivity contribution in [1.82, 2.24) is 0 Å². The maximum Gasteiger partial charge on any atom is 0.146 e. The van der Waals surface area contributed by atoms with Crippen LogP contribution >= 0.6 is 11.8 Å². The van der Waals surface area contributed by atoms with E-state index in [-0.39, 0.29) is 10.5 Å². The van der Waals surface area contributed by atoms with Crippen LogP contribution in [-0.2, 0) is 4.79 Å². The molecule has 0 spiro atoms. The van der Waals surface area contributed by atoms with E-state index in [1.165, 1.54) is 0 Å². The summed E-state index contributed by atoms with van der Waals surface area (Å²) in [4.78, 5) is 11.0. The van der Waals surface area contributed by atoms with Crippen molar-refractivity contribution in [2.45, 2.75) is 31.9 Å². The average Bonchev–Trinajstić information content (AvgIpc) is 1.83. The summed E-state index contributed by atoms with van der Waals surface area (Å²) in [5.74, 6) is 0.870. The molecule has 0 saturated carbocycles. The molecule has 0 bridgehead atoms. The fourth-order valence-electron chi connectivity index (χ4n) is 0.517. The Bertz CT molecular complexity index is 144. The molecule has 0 aliphatic rings. The molecule has 0 unspecified atom stereocenters. The number of hydrogen-bond acceptors (Lipinski definition) is 2. The Morgan fingerprint density at radius 2 is 2.09 bits per heavy atom. The van der Waals surface area contributed by atoms with Gasteiger partial charge in [0.05, 0.1) is 5.75 Å².